The van der Waals surface area contributed by atoms with E-state index in [0.717, 1.165) is 18.5 Å². The van der Waals surface area contributed by atoms with Crippen LogP contribution in [0.5, 0.6) is 0 Å². The first-order valence-corrected chi connectivity index (χ1v) is 6.83. The molecule has 0 aliphatic carbocycles. The number of carbonyl (C=O) groups is 1. The molecule has 1 amide bonds. The van der Waals surface area contributed by atoms with E-state index in [-0.39, 0.29) is 11.3 Å². The van der Waals surface area contributed by atoms with Crippen molar-refractivity contribution >= 4 is 11.6 Å². The van der Waals surface area contributed by atoms with E-state index in [2.05, 4.69) is 12.1 Å². The fraction of sp³-hybridized carbons (Fsp3) is 0.500. The van der Waals surface area contributed by atoms with Crippen LogP contribution in [0, 0.1) is 16.7 Å². The number of aryl methyl sites for hydroxylation is 1. The lowest BCUT2D eigenvalue weighted by Gasteiger charge is -2.26. The van der Waals surface area contributed by atoms with Gasteiger partial charge in [-0.3, -0.25) is 4.79 Å². The molecule has 3 heteroatoms. The monoisotopic (exact) mass is 256 g/mol. The number of hydrogen-bond donors (Lipinski definition) is 0. The summed E-state index contributed by atoms with van der Waals surface area (Å²) in [5.41, 5.74) is 1.88. The fourth-order valence-electron chi connectivity index (χ4n) is 2.38. The molecule has 2 rings (SSSR count). The predicted octanol–water partition coefficient (Wildman–Crippen LogP) is 3.30. The first-order valence-electron chi connectivity index (χ1n) is 6.83. The van der Waals surface area contributed by atoms with Crippen molar-refractivity contribution in [3.63, 3.8) is 0 Å². The molecule has 0 atom stereocenters. The summed E-state index contributed by atoms with van der Waals surface area (Å²) in [6.45, 7) is 4.46. The molecule has 1 aromatic rings. The number of fused-ring (bicyclic) bond motifs is 1. The van der Waals surface area contributed by atoms with Gasteiger partial charge >= 0.3 is 0 Å². The minimum Gasteiger partial charge on any atom is -0.312 e. The molecular formula is C16H20N2O. The van der Waals surface area contributed by atoms with Crippen LogP contribution in [0.15, 0.2) is 24.3 Å². The Morgan fingerprint density at radius 3 is 2.79 bits per heavy atom. The average Bonchev–Trinajstić information content (AvgIpc) is 2.55. The van der Waals surface area contributed by atoms with Crippen LogP contribution in [0.25, 0.3) is 0 Å². The Labute approximate surface area is 114 Å². The summed E-state index contributed by atoms with van der Waals surface area (Å²) in [4.78, 5) is 14.1. The van der Waals surface area contributed by atoms with Crippen molar-refractivity contribution in [3.8, 4) is 6.07 Å². The zero-order valence-electron chi connectivity index (χ0n) is 11.6. The van der Waals surface area contributed by atoms with E-state index in [4.69, 9.17) is 5.26 Å². The van der Waals surface area contributed by atoms with Gasteiger partial charge in [0.05, 0.1) is 11.5 Å². The third-order valence-electron chi connectivity index (χ3n) is 3.68. The number of amides is 1. The number of anilines is 1. The maximum atomic E-state index is 12.2. The van der Waals surface area contributed by atoms with Gasteiger partial charge in [0.15, 0.2) is 0 Å². The summed E-state index contributed by atoms with van der Waals surface area (Å²) in [6.07, 6.45) is 3.17. The fourth-order valence-corrected chi connectivity index (χ4v) is 2.38. The summed E-state index contributed by atoms with van der Waals surface area (Å²) >= 11 is 0. The van der Waals surface area contributed by atoms with E-state index in [0.29, 0.717) is 19.4 Å². The molecule has 19 heavy (non-hydrogen) atoms. The Hall–Kier alpha value is -1.82. The summed E-state index contributed by atoms with van der Waals surface area (Å²) in [5.74, 6) is 0.179. The zero-order chi connectivity index (χ0) is 13.9. The van der Waals surface area contributed by atoms with Crippen molar-refractivity contribution in [2.75, 3.05) is 11.4 Å². The Morgan fingerprint density at radius 1 is 1.32 bits per heavy atom. The molecule has 0 unspecified atom stereocenters. The van der Waals surface area contributed by atoms with Crippen LogP contribution in [-0.2, 0) is 11.2 Å². The van der Waals surface area contributed by atoms with Crippen molar-refractivity contribution in [2.45, 2.75) is 39.5 Å². The standard InChI is InChI=1S/C16H20N2O/c1-16(2,12-17)10-11-18-14-8-4-3-6-13(14)7-5-9-15(18)19/h3-4,6,8H,5,7,9-11H2,1-2H3. The molecule has 1 aliphatic rings. The van der Waals surface area contributed by atoms with E-state index in [1.807, 2.05) is 36.9 Å². The van der Waals surface area contributed by atoms with E-state index in [9.17, 15) is 4.79 Å². The number of nitriles is 1. The quantitative estimate of drug-likeness (QED) is 0.833. The van der Waals surface area contributed by atoms with Gasteiger partial charge in [0.1, 0.15) is 0 Å². The van der Waals surface area contributed by atoms with Gasteiger partial charge in [-0.1, -0.05) is 18.2 Å². The van der Waals surface area contributed by atoms with Gasteiger partial charge in [-0.05, 0) is 44.7 Å². The molecule has 0 N–H and O–H groups in total. The molecule has 1 aromatic carbocycles. The minimum absolute atomic E-state index is 0.179. The second-order valence-corrected chi connectivity index (χ2v) is 5.77. The Morgan fingerprint density at radius 2 is 2.05 bits per heavy atom. The topological polar surface area (TPSA) is 44.1 Å². The van der Waals surface area contributed by atoms with Crippen LogP contribution >= 0.6 is 0 Å². The zero-order valence-corrected chi connectivity index (χ0v) is 11.6. The van der Waals surface area contributed by atoms with Crippen molar-refractivity contribution in [1.29, 1.82) is 5.26 Å². The van der Waals surface area contributed by atoms with Gasteiger partial charge in [-0.25, -0.2) is 0 Å². The Balaban J connectivity index is 2.22. The van der Waals surface area contributed by atoms with Gasteiger partial charge in [-0.15, -0.1) is 0 Å². The van der Waals surface area contributed by atoms with Gasteiger partial charge in [-0.2, -0.15) is 5.26 Å². The molecule has 3 nitrogen and oxygen atoms in total. The summed E-state index contributed by atoms with van der Waals surface area (Å²) in [6, 6.07) is 10.4. The SMILES string of the molecule is CC(C)(C#N)CCN1C(=O)CCCc2ccccc21. The lowest BCUT2D eigenvalue weighted by atomic mass is 9.91. The second kappa shape index (κ2) is 5.44. The van der Waals surface area contributed by atoms with Gasteiger partial charge < -0.3 is 4.90 Å². The highest BCUT2D eigenvalue weighted by Crippen LogP contribution is 2.28. The highest BCUT2D eigenvalue weighted by Gasteiger charge is 2.25. The van der Waals surface area contributed by atoms with E-state index < -0.39 is 0 Å². The van der Waals surface area contributed by atoms with Gasteiger partial charge in [0.2, 0.25) is 5.91 Å². The van der Waals surface area contributed by atoms with Crippen molar-refractivity contribution in [2.24, 2.45) is 5.41 Å². The smallest absolute Gasteiger partial charge is 0.226 e. The average molecular weight is 256 g/mol. The van der Waals surface area contributed by atoms with Gasteiger partial charge in [0, 0.05) is 18.7 Å². The number of rotatable bonds is 3. The molecule has 0 bridgehead atoms. The summed E-state index contributed by atoms with van der Waals surface area (Å²) in [5, 5.41) is 9.09. The maximum Gasteiger partial charge on any atom is 0.226 e. The van der Waals surface area contributed by atoms with Crippen LogP contribution in [0.3, 0.4) is 0 Å². The van der Waals surface area contributed by atoms with Crippen molar-refractivity contribution < 1.29 is 4.79 Å². The number of nitrogens with zero attached hydrogens (tertiary/aromatic N) is 2. The normalized spacial score (nSPS) is 15.6. The molecule has 1 heterocycles. The van der Waals surface area contributed by atoms with Crippen LogP contribution in [0.1, 0.15) is 38.7 Å². The van der Waals surface area contributed by atoms with E-state index in [1.165, 1.54) is 5.56 Å². The van der Waals surface area contributed by atoms with Crippen molar-refractivity contribution in [3.05, 3.63) is 29.8 Å². The van der Waals surface area contributed by atoms with E-state index in [1.54, 1.807) is 0 Å². The molecule has 100 valence electrons. The van der Waals surface area contributed by atoms with Gasteiger partial charge in [0.25, 0.3) is 0 Å². The molecule has 0 spiro atoms. The van der Waals surface area contributed by atoms with Crippen LogP contribution < -0.4 is 4.90 Å². The molecule has 0 saturated heterocycles. The van der Waals surface area contributed by atoms with Crippen LogP contribution in [-0.4, -0.2) is 12.5 Å². The van der Waals surface area contributed by atoms with Crippen molar-refractivity contribution in [1.82, 2.24) is 0 Å². The largest absolute Gasteiger partial charge is 0.312 e. The Bertz CT molecular complexity index is 514. The number of para-hydroxylation sites is 1. The molecule has 0 saturated carbocycles. The molecule has 0 aromatic heterocycles. The molecule has 0 fully saturated rings. The third kappa shape index (κ3) is 3.14. The predicted molar refractivity (Wildman–Crippen MR) is 75.7 cm³/mol. The summed E-state index contributed by atoms with van der Waals surface area (Å²) in [7, 11) is 0. The lowest BCUT2D eigenvalue weighted by Crippen LogP contribution is -2.33. The first-order chi connectivity index (χ1) is 9.03. The maximum absolute atomic E-state index is 12.2. The lowest BCUT2D eigenvalue weighted by molar-refractivity contribution is -0.118. The molecule has 1 aliphatic heterocycles. The van der Waals surface area contributed by atoms with E-state index >= 15 is 0 Å². The number of carbonyl (C=O) groups excluding carboxylic acids is 1. The summed E-state index contributed by atoms with van der Waals surface area (Å²) < 4.78 is 0. The second-order valence-electron chi connectivity index (χ2n) is 5.77. The third-order valence-corrected chi connectivity index (χ3v) is 3.68. The number of benzene rings is 1. The highest BCUT2D eigenvalue weighted by molar-refractivity contribution is 5.94. The number of hydrogen-bond acceptors (Lipinski definition) is 2. The minimum atomic E-state index is -0.387. The Kier molecular flexibility index (Phi) is 3.90. The first kappa shape index (κ1) is 13.6. The molecule has 0 radical (unpaired) electrons. The van der Waals surface area contributed by atoms with Crippen LogP contribution in [0.4, 0.5) is 5.69 Å². The van der Waals surface area contributed by atoms with Crippen LogP contribution in [0.2, 0.25) is 0 Å². The molecular weight excluding hydrogens is 236 g/mol. The highest BCUT2D eigenvalue weighted by atomic mass is 16.2.